The topological polar surface area (TPSA) is 70.7 Å². The normalized spacial score (nSPS) is 20.8. The molecule has 26 heavy (non-hydrogen) atoms. The van der Waals surface area contributed by atoms with E-state index in [0.29, 0.717) is 25.1 Å². The molecule has 2 unspecified atom stereocenters. The van der Waals surface area contributed by atoms with Crippen LogP contribution in [0.5, 0.6) is 5.75 Å². The van der Waals surface area contributed by atoms with E-state index in [0.717, 1.165) is 17.1 Å². The molecule has 0 bridgehead atoms. The van der Waals surface area contributed by atoms with Gasteiger partial charge in [0, 0.05) is 18.2 Å². The van der Waals surface area contributed by atoms with Gasteiger partial charge in [-0.2, -0.15) is 0 Å². The third-order valence-electron chi connectivity index (χ3n) is 4.84. The van der Waals surface area contributed by atoms with Crippen LogP contribution in [-0.2, 0) is 4.79 Å². The predicted octanol–water partition coefficient (Wildman–Crippen LogP) is 2.41. The number of anilines is 2. The summed E-state index contributed by atoms with van der Waals surface area (Å²) in [5, 5.41) is 6.00. The Hall–Kier alpha value is -3.02. The monoisotopic (exact) mass is 351 g/mol. The molecule has 0 radical (unpaired) electrons. The zero-order valence-corrected chi connectivity index (χ0v) is 14.6. The van der Waals surface area contributed by atoms with Crippen molar-refractivity contribution in [2.24, 2.45) is 0 Å². The average molecular weight is 351 g/mol. The highest BCUT2D eigenvalue weighted by atomic mass is 16.5. The van der Waals surface area contributed by atoms with Gasteiger partial charge in [-0.1, -0.05) is 12.1 Å². The molecule has 2 atom stereocenters. The van der Waals surface area contributed by atoms with Gasteiger partial charge in [0.15, 0.2) is 0 Å². The maximum Gasteiger partial charge on any atom is 0.251 e. The minimum Gasteiger partial charge on any atom is -0.494 e. The van der Waals surface area contributed by atoms with Gasteiger partial charge in [-0.25, -0.2) is 0 Å². The van der Waals surface area contributed by atoms with Gasteiger partial charge >= 0.3 is 0 Å². The Labute approximate surface area is 152 Å². The first kappa shape index (κ1) is 16.4. The number of nitrogens with zero attached hydrogens (tertiary/aromatic N) is 1. The number of amides is 2. The van der Waals surface area contributed by atoms with E-state index < -0.39 is 0 Å². The van der Waals surface area contributed by atoms with Crippen molar-refractivity contribution in [3.05, 3.63) is 54.1 Å². The molecule has 1 fully saturated rings. The van der Waals surface area contributed by atoms with Crippen LogP contribution in [0.4, 0.5) is 11.4 Å². The van der Waals surface area contributed by atoms with Crippen molar-refractivity contribution < 1.29 is 14.3 Å². The molecule has 0 aromatic heterocycles. The average Bonchev–Trinajstić information content (AvgIpc) is 3.07. The lowest BCUT2D eigenvalue weighted by molar-refractivity contribution is -0.117. The van der Waals surface area contributed by atoms with Gasteiger partial charge in [0.2, 0.25) is 5.91 Å². The van der Waals surface area contributed by atoms with Crippen LogP contribution in [0.3, 0.4) is 0 Å². The van der Waals surface area contributed by atoms with Crippen LogP contribution in [0.15, 0.2) is 48.5 Å². The van der Waals surface area contributed by atoms with E-state index in [2.05, 4.69) is 15.5 Å². The zero-order valence-electron chi connectivity index (χ0n) is 14.6. The lowest BCUT2D eigenvalue weighted by atomic mass is 10.1. The molecule has 6 heteroatoms. The Morgan fingerprint density at radius 1 is 1.23 bits per heavy atom. The molecule has 2 aromatic carbocycles. The number of rotatable bonds is 4. The molecule has 2 aliphatic rings. The van der Waals surface area contributed by atoms with E-state index in [1.54, 1.807) is 24.3 Å². The first-order valence-corrected chi connectivity index (χ1v) is 8.86. The third kappa shape index (κ3) is 2.98. The summed E-state index contributed by atoms with van der Waals surface area (Å²) in [6.45, 7) is 3.13. The molecule has 0 spiro atoms. The number of hydrogen-bond donors (Lipinski definition) is 2. The number of fused-ring (bicyclic) bond motifs is 3. The largest absolute Gasteiger partial charge is 0.494 e. The molecule has 2 N–H and O–H groups in total. The molecule has 4 rings (SSSR count). The zero-order chi connectivity index (χ0) is 18.1. The highest BCUT2D eigenvalue weighted by Crippen LogP contribution is 2.36. The number of carbonyl (C=O) groups excluding carboxylic acids is 2. The summed E-state index contributed by atoms with van der Waals surface area (Å²) in [6.07, 6.45) is 0.600. The second-order valence-electron chi connectivity index (χ2n) is 6.54. The molecular weight excluding hydrogens is 330 g/mol. The Kier molecular flexibility index (Phi) is 4.24. The second-order valence-corrected chi connectivity index (χ2v) is 6.54. The quantitative estimate of drug-likeness (QED) is 0.887. The van der Waals surface area contributed by atoms with E-state index in [1.807, 2.05) is 31.2 Å². The summed E-state index contributed by atoms with van der Waals surface area (Å²) in [7, 11) is 0. The van der Waals surface area contributed by atoms with Crippen molar-refractivity contribution in [3.63, 3.8) is 0 Å². The summed E-state index contributed by atoms with van der Waals surface area (Å²) >= 11 is 0. The van der Waals surface area contributed by atoms with Crippen molar-refractivity contribution in [1.82, 2.24) is 5.32 Å². The van der Waals surface area contributed by atoms with Gasteiger partial charge in [-0.15, -0.1) is 0 Å². The number of carbonyl (C=O) groups is 2. The summed E-state index contributed by atoms with van der Waals surface area (Å²) in [6, 6.07) is 14.5. The minimum absolute atomic E-state index is 0.0125. The minimum atomic E-state index is -0.240. The molecule has 0 aliphatic carbocycles. The lowest BCUT2D eigenvalue weighted by Crippen LogP contribution is -2.44. The van der Waals surface area contributed by atoms with Crippen molar-refractivity contribution in [2.75, 3.05) is 23.4 Å². The molecule has 0 saturated carbocycles. The predicted molar refractivity (Wildman–Crippen MR) is 99.7 cm³/mol. The smallest absolute Gasteiger partial charge is 0.251 e. The molecule has 2 aliphatic heterocycles. The molecular formula is C20H21N3O3. The van der Waals surface area contributed by atoms with Gasteiger partial charge in [-0.3, -0.25) is 9.59 Å². The third-order valence-corrected chi connectivity index (χ3v) is 4.84. The Morgan fingerprint density at radius 2 is 2.00 bits per heavy atom. The van der Waals surface area contributed by atoms with Crippen LogP contribution in [-0.4, -0.2) is 37.0 Å². The number of hydrogen-bond acceptors (Lipinski definition) is 4. The molecule has 2 amide bonds. The second kappa shape index (κ2) is 6.71. The van der Waals surface area contributed by atoms with Crippen molar-refractivity contribution in [1.29, 1.82) is 0 Å². The van der Waals surface area contributed by atoms with Crippen LogP contribution in [0.1, 0.15) is 23.7 Å². The maximum atomic E-state index is 12.5. The van der Waals surface area contributed by atoms with Crippen LogP contribution >= 0.6 is 0 Å². The van der Waals surface area contributed by atoms with Crippen LogP contribution < -0.4 is 20.3 Å². The number of para-hydroxylation sites is 2. The first-order valence-electron chi connectivity index (χ1n) is 8.86. The fourth-order valence-electron chi connectivity index (χ4n) is 3.64. The molecule has 1 saturated heterocycles. The lowest BCUT2D eigenvalue weighted by Gasteiger charge is -2.32. The molecule has 2 heterocycles. The van der Waals surface area contributed by atoms with Crippen LogP contribution in [0, 0.1) is 0 Å². The fourth-order valence-corrected chi connectivity index (χ4v) is 3.64. The highest BCUT2D eigenvalue weighted by Gasteiger charge is 2.41. The number of benzene rings is 2. The number of nitrogens with one attached hydrogen (secondary N) is 2. The van der Waals surface area contributed by atoms with E-state index in [4.69, 9.17) is 4.74 Å². The Morgan fingerprint density at radius 3 is 2.77 bits per heavy atom. The summed E-state index contributed by atoms with van der Waals surface area (Å²) in [4.78, 5) is 27.0. The van der Waals surface area contributed by atoms with Gasteiger partial charge in [0.25, 0.3) is 5.91 Å². The van der Waals surface area contributed by atoms with Crippen LogP contribution in [0.2, 0.25) is 0 Å². The standard InChI is InChI=1S/C20H21N3O3/c1-2-26-15-9-7-13(8-10-15)19(24)21-14-11-18-20(25)22-16-5-3-4-6-17(16)23(18)12-14/h3-10,14,18H,2,11-12H2,1H3,(H,21,24)(H,22,25). The number of ether oxygens (including phenoxy) is 1. The first-order chi connectivity index (χ1) is 12.7. The van der Waals surface area contributed by atoms with Crippen molar-refractivity contribution >= 4 is 23.2 Å². The van der Waals surface area contributed by atoms with Crippen molar-refractivity contribution in [3.8, 4) is 5.75 Å². The maximum absolute atomic E-state index is 12.5. The van der Waals surface area contributed by atoms with E-state index in [1.165, 1.54) is 0 Å². The van der Waals surface area contributed by atoms with E-state index in [9.17, 15) is 9.59 Å². The SMILES string of the molecule is CCOc1ccc(C(=O)NC2CC3C(=O)Nc4ccccc4N3C2)cc1. The van der Waals surface area contributed by atoms with Crippen molar-refractivity contribution in [2.45, 2.75) is 25.4 Å². The Bertz CT molecular complexity index is 834. The molecule has 6 nitrogen and oxygen atoms in total. The summed E-state index contributed by atoms with van der Waals surface area (Å²) in [5.74, 6) is 0.600. The summed E-state index contributed by atoms with van der Waals surface area (Å²) in [5.41, 5.74) is 2.42. The van der Waals surface area contributed by atoms with Gasteiger partial charge in [-0.05, 0) is 49.7 Å². The van der Waals surface area contributed by atoms with Gasteiger partial charge in [0.05, 0.1) is 18.0 Å². The Balaban J connectivity index is 1.46. The highest BCUT2D eigenvalue weighted by molar-refractivity contribution is 6.04. The molecule has 134 valence electrons. The van der Waals surface area contributed by atoms with E-state index >= 15 is 0 Å². The van der Waals surface area contributed by atoms with Gasteiger partial charge in [0.1, 0.15) is 11.8 Å². The van der Waals surface area contributed by atoms with E-state index in [-0.39, 0.29) is 23.9 Å². The summed E-state index contributed by atoms with van der Waals surface area (Å²) < 4.78 is 5.40. The molecule has 2 aromatic rings. The van der Waals surface area contributed by atoms with Crippen LogP contribution in [0.25, 0.3) is 0 Å². The fraction of sp³-hybridized carbons (Fsp3) is 0.300. The van der Waals surface area contributed by atoms with Gasteiger partial charge < -0.3 is 20.3 Å².